The number of likely N-dealkylation sites (tertiary alicyclic amines) is 1. The van der Waals surface area contributed by atoms with Crippen molar-refractivity contribution in [3.63, 3.8) is 0 Å². The summed E-state index contributed by atoms with van der Waals surface area (Å²) in [6.07, 6.45) is 4.91. The van der Waals surface area contributed by atoms with Gasteiger partial charge in [-0.25, -0.2) is 0 Å². The van der Waals surface area contributed by atoms with E-state index in [0.717, 1.165) is 18.5 Å². The van der Waals surface area contributed by atoms with E-state index in [1.54, 1.807) is 30.6 Å². The number of phenols is 1. The van der Waals surface area contributed by atoms with E-state index in [4.69, 9.17) is 0 Å². The summed E-state index contributed by atoms with van der Waals surface area (Å²) in [7, 11) is 0. The number of fused-ring (bicyclic) bond motifs is 4. The molecule has 4 heteroatoms. The Kier molecular flexibility index (Phi) is 3.43. The molecule has 0 spiro atoms. The molecule has 25 heavy (non-hydrogen) atoms. The second-order valence-electron chi connectivity index (χ2n) is 8.06. The monoisotopic (exact) mass is 336 g/mol. The van der Waals surface area contributed by atoms with Crippen molar-refractivity contribution >= 4 is 5.91 Å². The van der Waals surface area contributed by atoms with Gasteiger partial charge in [-0.1, -0.05) is 32.9 Å². The molecule has 1 amide bonds. The predicted molar refractivity (Wildman–Crippen MR) is 96.6 cm³/mol. The lowest BCUT2D eigenvalue weighted by Gasteiger charge is -2.60. The molecule has 1 unspecified atom stereocenters. The molecule has 2 bridgehead atoms. The molecule has 130 valence electrons. The SMILES string of the molecule is CC1(C)C2Cc3c(O)cccc3[C@]1(C)CCN2C(=O)c1ccncc1. The molecule has 4 rings (SSSR count). The first kappa shape index (κ1) is 16.1. The average Bonchev–Trinajstić information content (AvgIpc) is 2.59. The number of carbonyl (C=O) groups excluding carboxylic acids is 1. The highest BCUT2D eigenvalue weighted by molar-refractivity contribution is 5.94. The molecule has 1 aliphatic carbocycles. The minimum atomic E-state index is -0.0747. The zero-order valence-electron chi connectivity index (χ0n) is 15.0. The average molecular weight is 336 g/mol. The Balaban J connectivity index is 1.81. The first-order chi connectivity index (χ1) is 11.9. The third kappa shape index (κ3) is 2.13. The fourth-order valence-electron chi connectivity index (χ4n) is 4.83. The van der Waals surface area contributed by atoms with Gasteiger partial charge in [-0.3, -0.25) is 9.78 Å². The topological polar surface area (TPSA) is 53.4 Å². The van der Waals surface area contributed by atoms with Crippen LogP contribution >= 0.6 is 0 Å². The summed E-state index contributed by atoms with van der Waals surface area (Å²) in [6, 6.07) is 9.45. The van der Waals surface area contributed by atoms with Crippen LogP contribution in [0, 0.1) is 5.41 Å². The number of nitrogens with zero attached hydrogens (tertiary/aromatic N) is 2. The Bertz CT molecular complexity index is 831. The maximum atomic E-state index is 13.1. The van der Waals surface area contributed by atoms with E-state index in [1.807, 2.05) is 11.0 Å². The molecule has 0 saturated carbocycles. The van der Waals surface area contributed by atoms with E-state index < -0.39 is 0 Å². The van der Waals surface area contributed by atoms with Crippen molar-refractivity contribution in [3.8, 4) is 5.75 Å². The number of benzene rings is 1. The Hall–Kier alpha value is -2.36. The molecule has 2 aromatic rings. The van der Waals surface area contributed by atoms with Crippen LogP contribution in [0.5, 0.6) is 5.75 Å². The molecule has 2 aliphatic rings. The van der Waals surface area contributed by atoms with Crippen LogP contribution in [0.4, 0.5) is 0 Å². The second kappa shape index (κ2) is 5.32. The number of hydrogen-bond acceptors (Lipinski definition) is 3. The molecule has 1 saturated heterocycles. The maximum absolute atomic E-state index is 13.1. The molecule has 1 aliphatic heterocycles. The van der Waals surface area contributed by atoms with Crippen LogP contribution < -0.4 is 0 Å². The highest BCUT2D eigenvalue weighted by Gasteiger charge is 2.57. The van der Waals surface area contributed by atoms with Crippen molar-refractivity contribution in [2.75, 3.05) is 6.54 Å². The lowest BCUT2D eigenvalue weighted by atomic mass is 9.51. The fraction of sp³-hybridized carbons (Fsp3) is 0.429. The van der Waals surface area contributed by atoms with Crippen LogP contribution in [0.2, 0.25) is 0 Å². The van der Waals surface area contributed by atoms with Crippen molar-refractivity contribution in [2.24, 2.45) is 5.41 Å². The van der Waals surface area contributed by atoms with E-state index >= 15 is 0 Å². The molecule has 2 heterocycles. The first-order valence-corrected chi connectivity index (χ1v) is 8.88. The van der Waals surface area contributed by atoms with Gasteiger partial charge in [0.25, 0.3) is 5.91 Å². The van der Waals surface area contributed by atoms with Crippen LogP contribution in [0.3, 0.4) is 0 Å². The summed E-state index contributed by atoms with van der Waals surface area (Å²) in [6.45, 7) is 7.54. The Morgan fingerprint density at radius 2 is 1.92 bits per heavy atom. The van der Waals surface area contributed by atoms with Gasteiger partial charge in [-0.2, -0.15) is 0 Å². The zero-order chi connectivity index (χ0) is 17.8. The van der Waals surface area contributed by atoms with Gasteiger partial charge in [0.15, 0.2) is 0 Å². The molecule has 0 radical (unpaired) electrons. The summed E-state index contributed by atoms with van der Waals surface area (Å²) >= 11 is 0. The number of amides is 1. The lowest BCUT2D eigenvalue weighted by molar-refractivity contribution is -0.0266. The van der Waals surface area contributed by atoms with Gasteiger partial charge in [0.1, 0.15) is 5.75 Å². The van der Waals surface area contributed by atoms with Crippen molar-refractivity contribution in [2.45, 2.75) is 45.1 Å². The predicted octanol–water partition coefficient (Wildman–Crippen LogP) is 3.54. The van der Waals surface area contributed by atoms with E-state index in [2.05, 4.69) is 31.8 Å². The van der Waals surface area contributed by atoms with Crippen molar-refractivity contribution in [1.29, 1.82) is 0 Å². The summed E-state index contributed by atoms with van der Waals surface area (Å²) in [5, 5.41) is 10.4. The molecule has 1 N–H and O–H groups in total. The van der Waals surface area contributed by atoms with E-state index in [9.17, 15) is 9.90 Å². The van der Waals surface area contributed by atoms with E-state index in [-0.39, 0.29) is 22.8 Å². The third-order valence-electron chi connectivity index (χ3n) is 6.82. The van der Waals surface area contributed by atoms with Crippen LogP contribution in [-0.4, -0.2) is 33.5 Å². The van der Waals surface area contributed by atoms with Gasteiger partial charge in [-0.15, -0.1) is 0 Å². The van der Waals surface area contributed by atoms with E-state index in [0.29, 0.717) is 17.7 Å². The fourth-order valence-corrected chi connectivity index (χ4v) is 4.83. The number of piperidine rings is 1. The second-order valence-corrected chi connectivity index (χ2v) is 8.06. The number of pyridine rings is 1. The summed E-state index contributed by atoms with van der Waals surface area (Å²) in [5.41, 5.74) is 2.79. The largest absolute Gasteiger partial charge is 0.508 e. The van der Waals surface area contributed by atoms with Crippen molar-refractivity contribution in [3.05, 3.63) is 59.4 Å². The maximum Gasteiger partial charge on any atom is 0.254 e. The van der Waals surface area contributed by atoms with Gasteiger partial charge in [0.05, 0.1) is 0 Å². The smallest absolute Gasteiger partial charge is 0.254 e. The number of phenolic OH excluding ortho intramolecular Hbond substituents is 1. The minimum Gasteiger partial charge on any atom is -0.508 e. The van der Waals surface area contributed by atoms with Crippen LogP contribution in [0.25, 0.3) is 0 Å². The molecule has 1 fully saturated rings. The number of carbonyl (C=O) groups is 1. The van der Waals surface area contributed by atoms with Gasteiger partial charge < -0.3 is 10.0 Å². The molecule has 2 atom stereocenters. The number of rotatable bonds is 1. The summed E-state index contributed by atoms with van der Waals surface area (Å²) in [4.78, 5) is 19.1. The van der Waals surface area contributed by atoms with Crippen LogP contribution in [0.15, 0.2) is 42.7 Å². The van der Waals surface area contributed by atoms with Gasteiger partial charge in [0, 0.05) is 36.0 Å². The summed E-state index contributed by atoms with van der Waals surface area (Å²) in [5.74, 6) is 0.406. The highest BCUT2D eigenvalue weighted by Crippen LogP contribution is 2.57. The normalized spacial score (nSPS) is 26.8. The van der Waals surface area contributed by atoms with E-state index in [1.165, 1.54) is 5.56 Å². The number of aromatic hydroxyl groups is 1. The minimum absolute atomic E-state index is 0.0565. The molecule has 4 nitrogen and oxygen atoms in total. The summed E-state index contributed by atoms with van der Waals surface area (Å²) < 4.78 is 0. The molecule has 1 aromatic carbocycles. The number of hydrogen-bond donors (Lipinski definition) is 1. The lowest BCUT2D eigenvalue weighted by Crippen LogP contribution is -2.64. The van der Waals surface area contributed by atoms with Crippen molar-refractivity contribution < 1.29 is 9.90 Å². The van der Waals surface area contributed by atoms with Gasteiger partial charge >= 0.3 is 0 Å². The Labute approximate surface area is 148 Å². The van der Waals surface area contributed by atoms with Crippen LogP contribution in [0.1, 0.15) is 48.7 Å². The molecule has 1 aromatic heterocycles. The Morgan fingerprint density at radius 3 is 2.64 bits per heavy atom. The van der Waals surface area contributed by atoms with Crippen molar-refractivity contribution in [1.82, 2.24) is 9.88 Å². The van der Waals surface area contributed by atoms with Crippen LogP contribution in [-0.2, 0) is 11.8 Å². The Morgan fingerprint density at radius 1 is 1.20 bits per heavy atom. The van der Waals surface area contributed by atoms with Gasteiger partial charge in [-0.05, 0) is 47.6 Å². The first-order valence-electron chi connectivity index (χ1n) is 8.88. The highest BCUT2D eigenvalue weighted by atomic mass is 16.3. The molecular formula is C21H24N2O2. The third-order valence-corrected chi connectivity index (χ3v) is 6.82. The van der Waals surface area contributed by atoms with Gasteiger partial charge in [0.2, 0.25) is 0 Å². The number of aromatic nitrogens is 1. The quantitative estimate of drug-likeness (QED) is 0.866. The molecular weight excluding hydrogens is 312 g/mol. The standard InChI is InChI=1S/C21H24N2O2/c1-20(2)18-13-15-16(5-4-6-17(15)24)21(20,3)9-12-23(18)19(25)14-7-10-22-11-8-14/h4-8,10-11,18,24H,9,12-13H2,1-3H3/t18?,21-/m0/s1. The zero-order valence-corrected chi connectivity index (χ0v) is 15.0.